The van der Waals surface area contributed by atoms with Crippen molar-refractivity contribution in [1.82, 2.24) is 0 Å². The molecule has 0 saturated heterocycles. The average Bonchev–Trinajstić information content (AvgIpc) is 1.37. The number of carbonyl (C=O) groups is 1. The van der Waals surface area contributed by atoms with Crippen LogP contribution in [0.1, 0.15) is 0 Å². The Morgan fingerprint density at radius 3 is 2.00 bits per heavy atom. The Hall–Kier alpha value is 0.866. The van der Waals surface area contributed by atoms with Gasteiger partial charge < -0.3 is 0 Å². The minimum absolute atomic E-state index is 0. The number of carbonyl (C=O) groups excluding carboxylic acids is 1. The van der Waals surface area contributed by atoms with E-state index in [1.165, 1.54) is 0 Å². The Balaban J connectivity index is 0. The molecule has 0 heterocycles. The van der Waals surface area contributed by atoms with Crippen molar-refractivity contribution >= 4 is 57.7 Å². The molecule has 5 heavy (non-hydrogen) atoms. The zero-order valence-electron chi connectivity index (χ0n) is 2.06. The van der Waals surface area contributed by atoms with Gasteiger partial charge in [-0.05, 0) is 5.92 Å². The Bertz CT molecular complexity index is 52.4. The quantitative estimate of drug-likeness (QED) is 0.217. The molecule has 0 fully saturated rings. The van der Waals surface area contributed by atoms with E-state index in [-0.39, 0.29) is 51.4 Å². The number of aldehydes is 1. The van der Waals surface area contributed by atoms with Crippen LogP contribution in [-0.2, 0) is 4.79 Å². The summed E-state index contributed by atoms with van der Waals surface area (Å²) in [6, 6.07) is 0. The van der Waals surface area contributed by atoms with E-state index in [0.29, 0.717) is 6.29 Å². The number of rotatable bonds is 0. The van der Waals surface area contributed by atoms with E-state index in [0.717, 1.165) is 0 Å². The van der Waals surface area contributed by atoms with E-state index < -0.39 is 0 Å². The summed E-state index contributed by atoms with van der Waals surface area (Å²) in [6.07, 6.45) is 4.81. The zero-order chi connectivity index (χ0) is 3.41. The summed E-state index contributed by atoms with van der Waals surface area (Å²) < 4.78 is 0. The topological polar surface area (TPSA) is 17.1 Å². The molecular formula is C3H3KO. The van der Waals surface area contributed by atoms with Gasteiger partial charge in [0.2, 0.25) is 0 Å². The fraction of sp³-hybridized carbons (Fsp3) is 0. The van der Waals surface area contributed by atoms with Gasteiger partial charge in [-0.25, -0.2) is 0 Å². The first-order valence-electron chi connectivity index (χ1n) is 0.813. The first-order valence-corrected chi connectivity index (χ1v) is 0.813. The molecule has 0 saturated carbocycles. The minimum atomic E-state index is 0. The van der Waals surface area contributed by atoms with E-state index in [1.807, 2.05) is 0 Å². The summed E-state index contributed by atoms with van der Waals surface area (Å²) in [5.41, 5.74) is 0. The molecule has 22 valence electrons. The van der Waals surface area contributed by atoms with Gasteiger partial charge >= 0.3 is 51.4 Å². The Morgan fingerprint density at radius 1 is 1.80 bits per heavy atom. The summed E-state index contributed by atoms with van der Waals surface area (Å²) in [5.74, 6) is 1.75. The van der Waals surface area contributed by atoms with E-state index in [9.17, 15) is 0 Å². The third-order valence-corrected chi connectivity index (χ3v) is 0.0680. The van der Waals surface area contributed by atoms with Gasteiger partial charge in [0.1, 0.15) is 0 Å². The summed E-state index contributed by atoms with van der Waals surface area (Å²) >= 11 is 0. The second-order valence-corrected chi connectivity index (χ2v) is 0.285. The van der Waals surface area contributed by atoms with E-state index in [2.05, 4.69) is 6.42 Å². The standard InChI is InChI=1S/C3H2O.K.H/c1-2-3-4;;/h1,3H;;. The Labute approximate surface area is 73.6 Å². The molecule has 0 amide bonds. The van der Waals surface area contributed by atoms with Crippen LogP contribution in [-0.4, -0.2) is 57.7 Å². The predicted octanol–water partition coefficient (Wildman–Crippen LogP) is -0.830. The van der Waals surface area contributed by atoms with Crippen LogP contribution in [0.2, 0.25) is 0 Å². The molecule has 0 rings (SSSR count). The molecule has 0 radical (unpaired) electrons. The van der Waals surface area contributed by atoms with Crippen LogP contribution in [0.5, 0.6) is 0 Å². The first kappa shape index (κ1) is 9.29. The maximum absolute atomic E-state index is 8.94. The fourth-order valence-corrected chi connectivity index (χ4v) is 0. The molecule has 0 N–H and O–H groups in total. The van der Waals surface area contributed by atoms with Gasteiger partial charge in [-0.15, -0.1) is 6.42 Å². The summed E-state index contributed by atoms with van der Waals surface area (Å²) in [5, 5.41) is 0. The number of hydrogen-bond acceptors (Lipinski definition) is 1. The van der Waals surface area contributed by atoms with Crippen LogP contribution >= 0.6 is 0 Å². The molecule has 2 heteroatoms. The molecule has 0 atom stereocenters. The van der Waals surface area contributed by atoms with Gasteiger partial charge in [0.15, 0.2) is 6.29 Å². The normalized spacial score (nSPS) is 3.00. The van der Waals surface area contributed by atoms with Gasteiger partial charge in [-0.2, -0.15) is 0 Å². The number of hydrogen-bond donors (Lipinski definition) is 0. The SMILES string of the molecule is C#CC=O.[KH]. The van der Waals surface area contributed by atoms with Crippen LogP contribution in [0.4, 0.5) is 0 Å². The van der Waals surface area contributed by atoms with Crippen molar-refractivity contribution < 1.29 is 4.79 Å². The first-order chi connectivity index (χ1) is 1.91. The van der Waals surface area contributed by atoms with E-state index in [4.69, 9.17) is 4.79 Å². The second kappa shape index (κ2) is 8.85. The molecule has 0 aromatic rings. The van der Waals surface area contributed by atoms with E-state index >= 15 is 0 Å². The molecule has 0 aliphatic rings. The van der Waals surface area contributed by atoms with Crippen molar-refractivity contribution in [1.29, 1.82) is 0 Å². The van der Waals surface area contributed by atoms with Crippen molar-refractivity contribution in [2.45, 2.75) is 0 Å². The molecule has 0 aliphatic carbocycles. The zero-order valence-corrected chi connectivity index (χ0v) is 2.06. The Morgan fingerprint density at radius 2 is 2.00 bits per heavy atom. The van der Waals surface area contributed by atoms with Crippen LogP contribution in [0.3, 0.4) is 0 Å². The molecule has 1 nitrogen and oxygen atoms in total. The van der Waals surface area contributed by atoms with Gasteiger partial charge in [0, 0.05) is 0 Å². The van der Waals surface area contributed by atoms with Gasteiger partial charge in [-0.3, -0.25) is 4.79 Å². The molecule has 0 unspecified atom stereocenters. The molecule has 0 bridgehead atoms. The van der Waals surface area contributed by atoms with Crippen molar-refractivity contribution in [2.75, 3.05) is 0 Å². The van der Waals surface area contributed by atoms with Crippen molar-refractivity contribution in [2.24, 2.45) is 0 Å². The van der Waals surface area contributed by atoms with Crippen LogP contribution in [0, 0.1) is 12.3 Å². The maximum atomic E-state index is 8.94. The van der Waals surface area contributed by atoms with Crippen molar-refractivity contribution in [3.8, 4) is 12.3 Å². The number of terminal acetylenes is 1. The molecule has 0 aromatic heterocycles. The van der Waals surface area contributed by atoms with E-state index in [1.54, 1.807) is 5.92 Å². The third-order valence-electron chi connectivity index (χ3n) is 0.0680. The Kier molecular flexibility index (Phi) is 16.5. The summed E-state index contributed by atoms with van der Waals surface area (Å²) in [4.78, 5) is 8.94. The second-order valence-electron chi connectivity index (χ2n) is 0.285. The predicted molar refractivity (Wildman–Crippen MR) is 22.0 cm³/mol. The summed E-state index contributed by atoms with van der Waals surface area (Å²) in [7, 11) is 0. The van der Waals surface area contributed by atoms with Gasteiger partial charge in [0.25, 0.3) is 0 Å². The average molecular weight is 94.2 g/mol. The van der Waals surface area contributed by atoms with Crippen LogP contribution in [0.25, 0.3) is 0 Å². The molecule has 0 aliphatic heterocycles. The van der Waals surface area contributed by atoms with Crippen molar-refractivity contribution in [3.05, 3.63) is 0 Å². The molecule has 0 aromatic carbocycles. The van der Waals surface area contributed by atoms with Crippen LogP contribution in [0.15, 0.2) is 0 Å². The van der Waals surface area contributed by atoms with Crippen LogP contribution < -0.4 is 0 Å². The fourth-order valence-electron chi connectivity index (χ4n) is 0. The monoisotopic (exact) mass is 94.0 g/mol. The van der Waals surface area contributed by atoms with Gasteiger partial charge in [-0.1, -0.05) is 0 Å². The molecule has 0 spiro atoms. The third kappa shape index (κ3) is 11.5. The summed E-state index contributed by atoms with van der Waals surface area (Å²) in [6.45, 7) is 0. The molecular weight excluding hydrogens is 91.1 g/mol. The van der Waals surface area contributed by atoms with Gasteiger partial charge in [0.05, 0.1) is 0 Å². The van der Waals surface area contributed by atoms with Crippen molar-refractivity contribution in [3.63, 3.8) is 0 Å².